The predicted molar refractivity (Wildman–Crippen MR) is 107 cm³/mol. The molecule has 1 aromatic carbocycles. The van der Waals surface area contributed by atoms with Gasteiger partial charge in [0.2, 0.25) is 0 Å². The molecule has 0 aliphatic heterocycles. The average Bonchev–Trinajstić information content (AvgIpc) is 3.02. The van der Waals surface area contributed by atoms with E-state index in [-0.39, 0.29) is 17.2 Å². The van der Waals surface area contributed by atoms with Crippen molar-refractivity contribution in [3.63, 3.8) is 0 Å². The monoisotopic (exact) mass is 370 g/mol. The van der Waals surface area contributed by atoms with E-state index in [2.05, 4.69) is 43.1 Å². The predicted octanol–water partition coefficient (Wildman–Crippen LogP) is 4.54. The number of nitrogens with one attached hydrogen (secondary N) is 1. The second-order valence-corrected chi connectivity index (χ2v) is 8.46. The van der Waals surface area contributed by atoms with Gasteiger partial charge in [0.05, 0.1) is 10.6 Å². The third kappa shape index (κ3) is 4.04. The summed E-state index contributed by atoms with van der Waals surface area (Å²) in [6.07, 6.45) is 5.46. The zero-order valence-corrected chi connectivity index (χ0v) is 16.7. The molecule has 3 rings (SSSR count). The smallest absolute Gasteiger partial charge is 0.283 e. The summed E-state index contributed by atoms with van der Waals surface area (Å²) in [7, 11) is 0. The summed E-state index contributed by atoms with van der Waals surface area (Å²) in [4.78, 5) is 28.7. The van der Waals surface area contributed by atoms with Gasteiger partial charge in [0, 0.05) is 11.4 Å². The summed E-state index contributed by atoms with van der Waals surface area (Å²) < 4.78 is 1.75. The molecule has 0 atom stereocenters. The molecule has 138 valence electrons. The van der Waals surface area contributed by atoms with E-state index >= 15 is 0 Å². The van der Waals surface area contributed by atoms with Crippen molar-refractivity contribution >= 4 is 11.8 Å². The molecule has 0 fully saturated rings. The van der Waals surface area contributed by atoms with Crippen LogP contribution in [0.2, 0.25) is 0 Å². The van der Waals surface area contributed by atoms with Crippen LogP contribution in [0.25, 0.3) is 0 Å². The first-order chi connectivity index (χ1) is 12.3. The van der Waals surface area contributed by atoms with Gasteiger partial charge in [0.1, 0.15) is 0 Å². The normalized spacial score (nSPS) is 14.1. The van der Waals surface area contributed by atoms with E-state index in [0.717, 1.165) is 29.2 Å². The largest absolute Gasteiger partial charge is 0.329 e. The van der Waals surface area contributed by atoms with Crippen molar-refractivity contribution in [3.8, 4) is 0 Å². The van der Waals surface area contributed by atoms with Crippen LogP contribution in [0.4, 0.5) is 0 Å². The quantitative estimate of drug-likeness (QED) is 0.621. The van der Waals surface area contributed by atoms with Gasteiger partial charge in [0.15, 0.2) is 0 Å². The highest BCUT2D eigenvalue weighted by atomic mass is 32.2. The zero-order chi connectivity index (χ0) is 18.8. The van der Waals surface area contributed by atoms with Gasteiger partial charge in [-0.15, -0.1) is 0 Å². The van der Waals surface area contributed by atoms with Gasteiger partial charge in [0.25, 0.3) is 5.56 Å². The number of aromatic amines is 1. The maximum Gasteiger partial charge on any atom is 0.329 e. The van der Waals surface area contributed by atoms with Crippen molar-refractivity contribution in [2.45, 2.75) is 69.3 Å². The van der Waals surface area contributed by atoms with Crippen LogP contribution in [0, 0.1) is 13.8 Å². The molecule has 0 radical (unpaired) electrons. The maximum absolute atomic E-state index is 12.6. The fourth-order valence-electron chi connectivity index (χ4n) is 3.52. The lowest BCUT2D eigenvalue weighted by Gasteiger charge is -2.18. The number of aryl methyl sites for hydroxylation is 2. The first-order valence-electron chi connectivity index (χ1n) is 9.16. The van der Waals surface area contributed by atoms with Crippen molar-refractivity contribution in [2.24, 2.45) is 0 Å². The van der Waals surface area contributed by atoms with Gasteiger partial charge in [-0.25, -0.2) is 4.79 Å². The van der Waals surface area contributed by atoms with Gasteiger partial charge in [-0.05, 0) is 62.3 Å². The second-order valence-electron chi connectivity index (χ2n) is 7.40. The molecule has 0 saturated heterocycles. The van der Waals surface area contributed by atoms with Gasteiger partial charge < -0.3 is 0 Å². The van der Waals surface area contributed by atoms with E-state index in [4.69, 9.17) is 0 Å². The van der Waals surface area contributed by atoms with Gasteiger partial charge in [-0.3, -0.25) is 14.3 Å². The topological polar surface area (TPSA) is 54.9 Å². The Morgan fingerprint density at radius 3 is 2.42 bits per heavy atom. The molecule has 1 aromatic heterocycles. The summed E-state index contributed by atoms with van der Waals surface area (Å²) in [6.45, 7) is 8.69. The van der Waals surface area contributed by atoms with Crippen LogP contribution in [-0.2, 0) is 6.54 Å². The molecular weight excluding hydrogens is 344 g/mol. The van der Waals surface area contributed by atoms with Crippen molar-refractivity contribution in [1.29, 1.82) is 0 Å². The summed E-state index contributed by atoms with van der Waals surface area (Å²) in [5, 5.41) is 0.770. The van der Waals surface area contributed by atoms with Crippen LogP contribution in [0.15, 0.2) is 49.4 Å². The number of nitrogens with zero attached hydrogens (tertiary/aromatic N) is 1. The summed E-state index contributed by atoms with van der Waals surface area (Å²) in [5.74, 6) is 0.0385. The lowest BCUT2D eigenvalue weighted by Crippen LogP contribution is -2.34. The molecule has 0 spiro atoms. The molecule has 1 aliphatic carbocycles. The maximum atomic E-state index is 12.6. The van der Waals surface area contributed by atoms with E-state index in [1.807, 2.05) is 13.8 Å². The van der Waals surface area contributed by atoms with Crippen LogP contribution in [0.3, 0.4) is 0 Å². The van der Waals surface area contributed by atoms with Crippen LogP contribution in [0.5, 0.6) is 0 Å². The first-order valence-corrected chi connectivity index (χ1v) is 9.98. The highest BCUT2D eigenvalue weighted by molar-refractivity contribution is 7.99. The average molecular weight is 371 g/mol. The minimum Gasteiger partial charge on any atom is -0.283 e. The number of aromatic nitrogens is 2. The fourth-order valence-corrected chi connectivity index (χ4v) is 4.93. The van der Waals surface area contributed by atoms with Gasteiger partial charge in [-0.2, -0.15) is 0 Å². The van der Waals surface area contributed by atoms with E-state index in [9.17, 15) is 9.59 Å². The Hall–Kier alpha value is -2.01. The number of allylic oxidation sites excluding steroid dienone is 2. The molecule has 1 aliphatic rings. The van der Waals surface area contributed by atoms with Crippen molar-refractivity contribution in [1.82, 2.24) is 9.55 Å². The molecule has 0 unspecified atom stereocenters. The van der Waals surface area contributed by atoms with Crippen LogP contribution < -0.4 is 11.2 Å². The minimum atomic E-state index is -0.320. The molecule has 0 amide bonds. The third-order valence-corrected chi connectivity index (χ3v) is 5.77. The minimum absolute atomic E-state index is 0.0385. The Morgan fingerprint density at radius 2 is 1.85 bits per heavy atom. The fraction of sp³-hybridized carbons (Fsp3) is 0.429. The zero-order valence-electron chi connectivity index (χ0n) is 15.9. The lowest BCUT2D eigenvalue weighted by molar-refractivity contribution is 0.603. The van der Waals surface area contributed by atoms with E-state index in [1.165, 1.54) is 28.5 Å². The van der Waals surface area contributed by atoms with E-state index < -0.39 is 0 Å². The molecule has 5 heteroatoms. The Labute approximate surface area is 158 Å². The van der Waals surface area contributed by atoms with Crippen molar-refractivity contribution < 1.29 is 0 Å². The Balaban J connectivity index is 2.15. The molecule has 1 N–H and O–H groups in total. The Kier molecular flexibility index (Phi) is 5.56. The molecule has 0 saturated carbocycles. The van der Waals surface area contributed by atoms with Crippen LogP contribution >= 0.6 is 11.8 Å². The van der Waals surface area contributed by atoms with Crippen LogP contribution in [0.1, 0.15) is 55.7 Å². The molecule has 1 heterocycles. The highest BCUT2D eigenvalue weighted by Crippen LogP contribution is 2.33. The highest BCUT2D eigenvalue weighted by Gasteiger charge is 2.20. The standard InChI is InChI=1S/C21H26N2O2S/c1-13(2)18-19(24)22-21(25)23(12-16-7-5-6-8-16)20(18)26-17-10-14(3)9-15(4)11-17/h7,9-11,13H,5-6,8,12H2,1-4H3,(H,22,24,25). The van der Waals surface area contributed by atoms with E-state index in [1.54, 1.807) is 4.57 Å². The van der Waals surface area contributed by atoms with Crippen molar-refractivity contribution in [3.05, 3.63) is 67.4 Å². The number of H-pyrrole nitrogens is 1. The molecular formula is C21H26N2O2S. The van der Waals surface area contributed by atoms with Crippen molar-refractivity contribution in [2.75, 3.05) is 0 Å². The SMILES string of the molecule is Cc1cc(C)cc(Sc2c(C(C)C)c(=O)[nH]c(=O)n2CC2=CCCC2)c1. The number of benzene rings is 1. The molecule has 26 heavy (non-hydrogen) atoms. The van der Waals surface area contributed by atoms with Gasteiger partial charge >= 0.3 is 5.69 Å². The molecule has 4 nitrogen and oxygen atoms in total. The lowest BCUT2D eigenvalue weighted by atomic mass is 10.1. The van der Waals surface area contributed by atoms with Gasteiger partial charge in [-0.1, -0.05) is 43.3 Å². The Morgan fingerprint density at radius 1 is 1.15 bits per heavy atom. The number of hydrogen-bond acceptors (Lipinski definition) is 3. The third-order valence-electron chi connectivity index (χ3n) is 4.67. The number of hydrogen-bond donors (Lipinski definition) is 1. The summed E-state index contributed by atoms with van der Waals surface area (Å²) >= 11 is 1.52. The Bertz CT molecular complexity index is 947. The van der Waals surface area contributed by atoms with E-state index in [0.29, 0.717) is 12.1 Å². The first kappa shape index (κ1) is 18.8. The molecule has 0 bridgehead atoms. The second kappa shape index (κ2) is 7.70. The van der Waals surface area contributed by atoms with Crippen LogP contribution in [-0.4, -0.2) is 9.55 Å². The summed E-state index contributed by atoms with van der Waals surface area (Å²) in [6, 6.07) is 6.33. The number of rotatable bonds is 5. The molecule has 2 aromatic rings. The summed E-state index contributed by atoms with van der Waals surface area (Å²) in [5.41, 5.74) is 3.72.